The zero-order chi connectivity index (χ0) is 29.7. The van der Waals surface area contributed by atoms with Crippen molar-refractivity contribution in [3.63, 3.8) is 0 Å². The normalized spacial score (nSPS) is 14.2. The van der Waals surface area contributed by atoms with Gasteiger partial charge in [-0.3, -0.25) is 19.9 Å². The van der Waals surface area contributed by atoms with E-state index in [-0.39, 0.29) is 18.5 Å². The second-order valence-corrected chi connectivity index (χ2v) is 12.0. The van der Waals surface area contributed by atoms with E-state index in [9.17, 15) is 13.2 Å². The lowest BCUT2D eigenvalue weighted by molar-refractivity contribution is -0.140. The summed E-state index contributed by atoms with van der Waals surface area (Å²) in [5.41, 5.74) is 7.35. The van der Waals surface area contributed by atoms with Gasteiger partial charge in [-0.05, 0) is 59.7 Å². The molecule has 0 unspecified atom stereocenters. The van der Waals surface area contributed by atoms with Crippen LogP contribution in [0.15, 0.2) is 60.7 Å². The molecule has 1 aliphatic heterocycles. The number of carbonyl (C=O) groups is 1. The Kier molecular flexibility index (Phi) is 9.14. The third kappa shape index (κ3) is 7.14. The number of rotatable bonds is 10. The molecule has 41 heavy (non-hydrogen) atoms. The molecular formula is C29H36N6O5S. The SMILES string of the molecule is COC(=O)CN(C)S(=O)(=O)N(Cc1ccc2ccc(C(=N)N)cc2c1)c1ccc(OC2CCN(C(C)=N)CC2)cc1. The van der Waals surface area contributed by atoms with E-state index < -0.39 is 22.7 Å². The van der Waals surface area contributed by atoms with Crippen LogP contribution in [0.3, 0.4) is 0 Å². The maximum Gasteiger partial charge on any atom is 0.321 e. The minimum atomic E-state index is -4.14. The Balaban J connectivity index is 1.61. The van der Waals surface area contributed by atoms with Crippen molar-refractivity contribution in [2.45, 2.75) is 32.4 Å². The van der Waals surface area contributed by atoms with E-state index in [2.05, 4.69) is 4.74 Å². The molecule has 0 atom stereocenters. The van der Waals surface area contributed by atoms with Gasteiger partial charge in [-0.1, -0.05) is 24.3 Å². The lowest BCUT2D eigenvalue weighted by Crippen LogP contribution is -2.44. The molecule has 4 rings (SSSR count). The van der Waals surface area contributed by atoms with Crippen molar-refractivity contribution >= 4 is 44.3 Å². The quantitative estimate of drug-likeness (QED) is 0.189. The van der Waals surface area contributed by atoms with Gasteiger partial charge in [0.2, 0.25) is 0 Å². The Hall–Kier alpha value is -4.16. The first-order chi connectivity index (χ1) is 19.5. The molecule has 0 aromatic heterocycles. The van der Waals surface area contributed by atoms with Crippen LogP contribution in [0.1, 0.15) is 30.9 Å². The Morgan fingerprint density at radius 3 is 2.29 bits per heavy atom. The van der Waals surface area contributed by atoms with Crippen LogP contribution < -0.4 is 14.8 Å². The molecule has 0 radical (unpaired) electrons. The smallest absolute Gasteiger partial charge is 0.321 e. The summed E-state index contributed by atoms with van der Waals surface area (Å²) < 4.78 is 40.5. The number of anilines is 1. The van der Waals surface area contributed by atoms with E-state index in [0.29, 0.717) is 28.4 Å². The fraction of sp³-hybridized carbons (Fsp3) is 0.345. The van der Waals surface area contributed by atoms with Crippen molar-refractivity contribution in [1.29, 1.82) is 10.8 Å². The average Bonchev–Trinajstić information content (AvgIpc) is 2.96. The molecule has 1 fully saturated rings. The summed E-state index contributed by atoms with van der Waals surface area (Å²) in [6, 6.07) is 17.9. The van der Waals surface area contributed by atoms with Crippen LogP contribution in [0.25, 0.3) is 10.8 Å². The summed E-state index contributed by atoms with van der Waals surface area (Å²) in [6.45, 7) is 2.86. The highest BCUT2D eigenvalue weighted by atomic mass is 32.2. The van der Waals surface area contributed by atoms with E-state index in [4.69, 9.17) is 21.3 Å². The van der Waals surface area contributed by atoms with E-state index in [0.717, 1.165) is 41.0 Å². The Morgan fingerprint density at radius 1 is 1.02 bits per heavy atom. The van der Waals surface area contributed by atoms with Gasteiger partial charge in [0.05, 0.1) is 25.2 Å². The summed E-state index contributed by atoms with van der Waals surface area (Å²) in [5, 5.41) is 17.3. The monoisotopic (exact) mass is 580 g/mol. The molecule has 1 aliphatic rings. The van der Waals surface area contributed by atoms with Crippen molar-refractivity contribution in [3.8, 4) is 5.75 Å². The fourth-order valence-electron chi connectivity index (χ4n) is 4.72. The Morgan fingerprint density at radius 2 is 1.68 bits per heavy atom. The second kappa shape index (κ2) is 12.6. The van der Waals surface area contributed by atoms with Crippen LogP contribution in [0, 0.1) is 10.8 Å². The van der Waals surface area contributed by atoms with Crippen LogP contribution in [0.2, 0.25) is 0 Å². The number of piperidine rings is 1. The van der Waals surface area contributed by atoms with Crippen LogP contribution in [0.4, 0.5) is 5.69 Å². The number of nitrogens with zero attached hydrogens (tertiary/aromatic N) is 3. The fourth-order valence-corrected chi connectivity index (χ4v) is 6.03. The largest absolute Gasteiger partial charge is 0.490 e. The number of hydrogen-bond acceptors (Lipinski definition) is 7. The van der Waals surface area contributed by atoms with Crippen molar-refractivity contribution in [1.82, 2.24) is 9.21 Å². The molecule has 11 nitrogen and oxygen atoms in total. The number of fused-ring (bicyclic) bond motifs is 1. The van der Waals surface area contributed by atoms with Gasteiger partial charge in [-0.15, -0.1) is 0 Å². The van der Waals surface area contributed by atoms with Gasteiger partial charge in [0, 0.05) is 38.5 Å². The van der Waals surface area contributed by atoms with Gasteiger partial charge >= 0.3 is 16.2 Å². The summed E-state index contributed by atoms with van der Waals surface area (Å²) in [6.07, 6.45) is 1.61. The number of methoxy groups -OCH3 is 1. The third-order valence-electron chi connectivity index (χ3n) is 7.14. The number of nitrogen functional groups attached to an aromatic ring is 1. The van der Waals surface area contributed by atoms with Gasteiger partial charge in [-0.2, -0.15) is 12.7 Å². The van der Waals surface area contributed by atoms with Crippen LogP contribution >= 0.6 is 0 Å². The number of carbonyl (C=O) groups excluding carboxylic acids is 1. The lowest BCUT2D eigenvalue weighted by atomic mass is 10.0. The number of ether oxygens (including phenoxy) is 2. The number of benzene rings is 3. The van der Waals surface area contributed by atoms with Crippen molar-refractivity contribution in [2.75, 3.05) is 38.1 Å². The summed E-state index contributed by atoms with van der Waals surface area (Å²) in [4.78, 5) is 13.9. The van der Waals surface area contributed by atoms with Crippen LogP contribution in [-0.4, -0.2) is 75.2 Å². The molecule has 0 aliphatic carbocycles. The van der Waals surface area contributed by atoms with Gasteiger partial charge in [0.1, 0.15) is 24.2 Å². The Bertz CT molecular complexity index is 1540. The van der Waals surface area contributed by atoms with Crippen LogP contribution in [-0.2, 0) is 26.3 Å². The first-order valence-electron chi connectivity index (χ1n) is 13.2. The number of hydrogen-bond donors (Lipinski definition) is 3. The number of esters is 1. The first-order valence-corrected chi connectivity index (χ1v) is 14.6. The summed E-state index contributed by atoms with van der Waals surface area (Å²) in [5.74, 6) is 0.452. The molecule has 1 heterocycles. The zero-order valence-corrected chi connectivity index (χ0v) is 24.3. The maximum atomic E-state index is 13.7. The molecule has 1 saturated heterocycles. The molecule has 3 aromatic rings. The van der Waals surface area contributed by atoms with Crippen LogP contribution in [0.5, 0.6) is 5.75 Å². The molecule has 218 valence electrons. The highest BCUT2D eigenvalue weighted by Gasteiger charge is 2.30. The second-order valence-electron chi connectivity index (χ2n) is 10.0. The van der Waals surface area contributed by atoms with Gasteiger partial charge in [0.25, 0.3) is 0 Å². The molecule has 0 saturated carbocycles. The van der Waals surface area contributed by atoms with Gasteiger partial charge in [0.15, 0.2) is 0 Å². The predicted octanol–water partition coefficient (Wildman–Crippen LogP) is 3.32. The molecule has 0 spiro atoms. The first kappa shape index (κ1) is 29.8. The molecule has 4 N–H and O–H groups in total. The number of nitrogens with two attached hydrogens (primary N) is 1. The van der Waals surface area contributed by atoms with E-state index in [1.807, 2.05) is 29.2 Å². The van der Waals surface area contributed by atoms with Gasteiger partial charge in [-0.25, -0.2) is 0 Å². The lowest BCUT2D eigenvalue weighted by Gasteiger charge is -2.33. The van der Waals surface area contributed by atoms with Gasteiger partial charge < -0.3 is 20.1 Å². The number of likely N-dealkylation sites (tertiary alicyclic amines) is 1. The number of likely N-dealkylation sites (N-methyl/N-ethyl adjacent to an activating group) is 1. The standard InChI is InChI=1S/C29H36N6O5S/c1-20(30)34-14-12-27(13-15-34)40-26-10-8-25(9-11-26)35(41(37,38)33(2)19-28(36)39-3)18-21-4-5-22-6-7-23(29(31)32)17-24(22)16-21/h4-11,16-17,27,30H,12-15,18-19H2,1-3H3,(H3,31,32). The molecular weight excluding hydrogens is 544 g/mol. The molecule has 3 aromatic carbocycles. The molecule has 0 amide bonds. The number of nitrogens with one attached hydrogen (secondary N) is 2. The van der Waals surface area contributed by atoms with Crippen molar-refractivity contribution in [3.05, 3.63) is 71.8 Å². The van der Waals surface area contributed by atoms with E-state index >= 15 is 0 Å². The zero-order valence-electron chi connectivity index (χ0n) is 23.5. The van der Waals surface area contributed by atoms with E-state index in [1.165, 1.54) is 18.5 Å². The predicted molar refractivity (Wildman–Crippen MR) is 160 cm³/mol. The Labute approximate surface area is 240 Å². The van der Waals surface area contributed by atoms with Crippen molar-refractivity contribution in [2.24, 2.45) is 5.73 Å². The minimum absolute atomic E-state index is 0.00424. The number of amidine groups is 2. The molecule has 0 bridgehead atoms. The maximum absolute atomic E-state index is 13.7. The highest BCUT2D eigenvalue weighted by molar-refractivity contribution is 7.90. The molecule has 12 heteroatoms. The van der Waals surface area contributed by atoms with Crippen molar-refractivity contribution < 1.29 is 22.7 Å². The average molecular weight is 581 g/mol. The highest BCUT2D eigenvalue weighted by Crippen LogP contribution is 2.28. The summed E-state index contributed by atoms with van der Waals surface area (Å²) >= 11 is 0. The van der Waals surface area contributed by atoms with E-state index in [1.54, 1.807) is 43.3 Å². The summed E-state index contributed by atoms with van der Waals surface area (Å²) in [7, 11) is -1.60. The topological polar surface area (TPSA) is 153 Å². The third-order valence-corrected chi connectivity index (χ3v) is 8.95. The minimum Gasteiger partial charge on any atom is -0.490 e.